The van der Waals surface area contributed by atoms with E-state index >= 15 is 0 Å². The average Bonchev–Trinajstić information content (AvgIpc) is 2.71. The zero-order valence-electron chi connectivity index (χ0n) is 16.7. The van der Waals surface area contributed by atoms with Gasteiger partial charge >= 0.3 is 0 Å². The number of amides is 1. The van der Waals surface area contributed by atoms with E-state index in [0.717, 1.165) is 24.2 Å². The van der Waals surface area contributed by atoms with Crippen LogP contribution in [0.3, 0.4) is 0 Å². The zero-order chi connectivity index (χ0) is 20.4. The van der Waals surface area contributed by atoms with Gasteiger partial charge in [-0.15, -0.1) is 0 Å². The quantitative estimate of drug-likeness (QED) is 0.587. The third kappa shape index (κ3) is 6.44. The molecule has 0 radical (unpaired) electrons. The highest BCUT2D eigenvalue weighted by molar-refractivity contribution is 5.81. The highest BCUT2D eigenvalue weighted by atomic mass is 19.1. The van der Waals surface area contributed by atoms with Crippen LogP contribution < -0.4 is 19.5 Å². The number of ether oxygens (including phenoxy) is 3. The van der Waals surface area contributed by atoms with Gasteiger partial charge < -0.3 is 19.5 Å². The normalized spacial score (nSPS) is 11.6. The lowest BCUT2D eigenvalue weighted by Gasteiger charge is -2.17. The molecule has 1 atom stereocenters. The summed E-state index contributed by atoms with van der Waals surface area (Å²) in [5, 5.41) is 2.90. The third-order valence-electron chi connectivity index (χ3n) is 4.22. The minimum absolute atomic E-state index is 0.170. The van der Waals surface area contributed by atoms with Crippen molar-refractivity contribution >= 4 is 5.91 Å². The van der Waals surface area contributed by atoms with Gasteiger partial charge in [0.15, 0.2) is 17.6 Å². The van der Waals surface area contributed by atoms with E-state index in [0.29, 0.717) is 31.1 Å². The minimum Gasteiger partial charge on any atom is -0.493 e. The Morgan fingerprint density at radius 1 is 1.11 bits per heavy atom. The largest absolute Gasteiger partial charge is 0.493 e. The summed E-state index contributed by atoms with van der Waals surface area (Å²) < 4.78 is 29.5. The molecule has 0 saturated heterocycles. The van der Waals surface area contributed by atoms with E-state index in [1.54, 1.807) is 7.11 Å². The molecule has 0 unspecified atom stereocenters. The Morgan fingerprint density at radius 2 is 1.86 bits per heavy atom. The van der Waals surface area contributed by atoms with Crippen molar-refractivity contribution in [2.45, 2.75) is 39.2 Å². The van der Waals surface area contributed by atoms with E-state index in [1.165, 1.54) is 24.3 Å². The summed E-state index contributed by atoms with van der Waals surface area (Å²) in [5.74, 6) is 1.41. The summed E-state index contributed by atoms with van der Waals surface area (Å²) in [6, 6.07) is 11.5. The van der Waals surface area contributed by atoms with Gasteiger partial charge in [0.05, 0.1) is 13.7 Å². The summed E-state index contributed by atoms with van der Waals surface area (Å²) >= 11 is 0. The lowest BCUT2D eigenvalue weighted by molar-refractivity contribution is -0.128. The summed E-state index contributed by atoms with van der Waals surface area (Å²) in [7, 11) is 1.62. The number of nitrogens with one attached hydrogen (secondary N) is 1. The molecule has 0 fully saturated rings. The van der Waals surface area contributed by atoms with Crippen molar-refractivity contribution in [3.05, 3.63) is 53.8 Å². The first-order valence-electron chi connectivity index (χ1n) is 9.57. The second kappa shape index (κ2) is 11.2. The lowest BCUT2D eigenvalue weighted by Crippen LogP contribution is -2.38. The molecular formula is C22H28FNO4. The Bertz CT molecular complexity index is 749. The van der Waals surface area contributed by atoms with Crippen LogP contribution >= 0.6 is 0 Å². The summed E-state index contributed by atoms with van der Waals surface area (Å²) in [5.41, 5.74) is 1.11. The average molecular weight is 389 g/mol. The van der Waals surface area contributed by atoms with Crippen LogP contribution in [0, 0.1) is 5.82 Å². The van der Waals surface area contributed by atoms with Gasteiger partial charge in [-0.2, -0.15) is 0 Å². The first-order chi connectivity index (χ1) is 13.6. The minimum atomic E-state index is -0.601. The number of carbonyl (C=O) groups excluding carboxylic acids is 1. The molecule has 1 amide bonds. The molecule has 0 spiro atoms. The van der Waals surface area contributed by atoms with E-state index in [-0.39, 0.29) is 11.7 Å². The van der Waals surface area contributed by atoms with Crippen LogP contribution in [-0.4, -0.2) is 32.3 Å². The maximum absolute atomic E-state index is 13.0. The molecule has 2 aromatic carbocycles. The molecule has 6 heteroatoms. The molecule has 0 heterocycles. The number of carbonyl (C=O) groups is 1. The van der Waals surface area contributed by atoms with E-state index in [9.17, 15) is 9.18 Å². The van der Waals surface area contributed by atoms with Gasteiger partial charge in [-0.3, -0.25) is 4.79 Å². The van der Waals surface area contributed by atoms with Crippen molar-refractivity contribution in [1.29, 1.82) is 0 Å². The van der Waals surface area contributed by atoms with Crippen molar-refractivity contribution in [3.8, 4) is 17.2 Å². The molecule has 1 N–H and O–H groups in total. The molecule has 0 aliphatic rings. The van der Waals surface area contributed by atoms with Gasteiger partial charge in [0.2, 0.25) is 0 Å². The van der Waals surface area contributed by atoms with Gasteiger partial charge in [-0.25, -0.2) is 4.39 Å². The number of halogens is 1. The fourth-order valence-electron chi connectivity index (χ4n) is 2.76. The van der Waals surface area contributed by atoms with Crippen LogP contribution in [0.15, 0.2) is 42.5 Å². The number of aryl methyl sites for hydroxylation is 1. The van der Waals surface area contributed by atoms with Crippen LogP contribution in [0.4, 0.5) is 4.39 Å². The van der Waals surface area contributed by atoms with E-state index < -0.39 is 6.10 Å². The summed E-state index contributed by atoms with van der Waals surface area (Å²) in [6.07, 6.45) is 1.52. The van der Waals surface area contributed by atoms with Gasteiger partial charge in [0, 0.05) is 6.54 Å². The number of rotatable bonds is 11. The first-order valence-corrected chi connectivity index (χ1v) is 9.57. The SMILES string of the molecule is CCOc1ccc(CCCNC(=O)[C@@H](CC)Oc2ccc(F)cc2)cc1OC. The fraction of sp³-hybridized carbons (Fsp3) is 0.409. The van der Waals surface area contributed by atoms with Crippen LogP contribution in [0.1, 0.15) is 32.3 Å². The molecule has 5 nitrogen and oxygen atoms in total. The molecule has 2 aromatic rings. The maximum Gasteiger partial charge on any atom is 0.261 e. The van der Waals surface area contributed by atoms with Crippen LogP contribution in [0.25, 0.3) is 0 Å². The van der Waals surface area contributed by atoms with E-state index in [4.69, 9.17) is 14.2 Å². The fourth-order valence-corrected chi connectivity index (χ4v) is 2.76. The molecule has 152 valence electrons. The highest BCUT2D eigenvalue weighted by Crippen LogP contribution is 2.28. The number of hydrogen-bond donors (Lipinski definition) is 1. The van der Waals surface area contributed by atoms with Crippen molar-refractivity contribution in [2.24, 2.45) is 0 Å². The Morgan fingerprint density at radius 3 is 2.50 bits per heavy atom. The molecule has 0 bridgehead atoms. The number of hydrogen-bond acceptors (Lipinski definition) is 4. The molecule has 0 aliphatic heterocycles. The Balaban J connectivity index is 1.80. The predicted molar refractivity (Wildman–Crippen MR) is 107 cm³/mol. The zero-order valence-corrected chi connectivity index (χ0v) is 16.7. The first kappa shape index (κ1) is 21.5. The smallest absolute Gasteiger partial charge is 0.261 e. The molecule has 0 aliphatic carbocycles. The second-order valence-corrected chi connectivity index (χ2v) is 6.28. The maximum atomic E-state index is 13.0. The van der Waals surface area contributed by atoms with Crippen molar-refractivity contribution in [3.63, 3.8) is 0 Å². The van der Waals surface area contributed by atoms with Crippen molar-refractivity contribution < 1.29 is 23.4 Å². The van der Waals surface area contributed by atoms with Crippen molar-refractivity contribution in [2.75, 3.05) is 20.3 Å². The molecular weight excluding hydrogens is 361 g/mol. The number of methoxy groups -OCH3 is 1. The standard InChI is InChI=1S/C22H28FNO4/c1-4-19(28-18-11-9-17(23)10-12-18)22(25)24-14-6-7-16-8-13-20(27-5-2)21(15-16)26-3/h8-13,15,19H,4-7,14H2,1-3H3,(H,24,25)/t19-/m1/s1. The summed E-state index contributed by atoms with van der Waals surface area (Å²) in [6.45, 7) is 4.93. The van der Waals surface area contributed by atoms with E-state index in [1.807, 2.05) is 32.0 Å². The topological polar surface area (TPSA) is 56.8 Å². The number of benzene rings is 2. The lowest BCUT2D eigenvalue weighted by atomic mass is 10.1. The van der Waals surface area contributed by atoms with Gasteiger partial charge in [-0.1, -0.05) is 13.0 Å². The highest BCUT2D eigenvalue weighted by Gasteiger charge is 2.17. The van der Waals surface area contributed by atoms with Gasteiger partial charge in [0.25, 0.3) is 5.91 Å². The monoisotopic (exact) mass is 389 g/mol. The summed E-state index contributed by atoms with van der Waals surface area (Å²) in [4.78, 5) is 12.3. The second-order valence-electron chi connectivity index (χ2n) is 6.28. The Kier molecular flexibility index (Phi) is 8.59. The van der Waals surface area contributed by atoms with Crippen LogP contribution in [-0.2, 0) is 11.2 Å². The molecule has 28 heavy (non-hydrogen) atoms. The third-order valence-corrected chi connectivity index (χ3v) is 4.22. The van der Waals surface area contributed by atoms with Gasteiger partial charge in [0.1, 0.15) is 11.6 Å². The van der Waals surface area contributed by atoms with Crippen LogP contribution in [0.5, 0.6) is 17.2 Å². The molecule has 2 rings (SSSR count). The predicted octanol–water partition coefficient (Wildman–Crippen LogP) is 4.14. The van der Waals surface area contributed by atoms with Crippen molar-refractivity contribution in [1.82, 2.24) is 5.32 Å². The molecule has 0 saturated carbocycles. The van der Waals surface area contributed by atoms with Gasteiger partial charge in [-0.05, 0) is 68.1 Å². The van der Waals surface area contributed by atoms with E-state index in [2.05, 4.69) is 5.32 Å². The Hall–Kier alpha value is -2.76. The Labute approximate surface area is 165 Å². The molecule has 0 aromatic heterocycles. The van der Waals surface area contributed by atoms with Crippen LogP contribution in [0.2, 0.25) is 0 Å².